The van der Waals surface area contributed by atoms with E-state index in [1.807, 2.05) is 53.2 Å². The Morgan fingerprint density at radius 2 is 1.50 bits per heavy atom. The van der Waals surface area contributed by atoms with Crippen molar-refractivity contribution in [1.82, 2.24) is 9.66 Å². The maximum Gasteiger partial charge on any atom is 0.265 e. The van der Waals surface area contributed by atoms with Gasteiger partial charge in [-0.2, -0.15) is 5.10 Å². The summed E-state index contributed by atoms with van der Waals surface area (Å²) in [6, 6.07) is 34.5. The van der Waals surface area contributed by atoms with Gasteiger partial charge in [0.05, 0.1) is 26.5 Å². The Morgan fingerprint density at radius 3 is 2.15 bits per heavy atom. The van der Waals surface area contributed by atoms with Crippen molar-refractivity contribution in [3.63, 3.8) is 0 Å². The van der Waals surface area contributed by atoms with Crippen LogP contribution in [0.4, 0.5) is 17.1 Å². The van der Waals surface area contributed by atoms with Gasteiger partial charge in [-0.25, -0.2) is 23.1 Å². The summed E-state index contributed by atoms with van der Waals surface area (Å²) in [5.41, 5.74) is 6.29. The lowest BCUT2D eigenvalue weighted by atomic mass is 10.1. The summed E-state index contributed by atoms with van der Waals surface area (Å²) < 4.78 is 33.5. The van der Waals surface area contributed by atoms with Crippen LogP contribution in [0.1, 0.15) is 32.2 Å². The molecule has 1 aromatic heterocycles. The number of imidazole rings is 1. The van der Waals surface area contributed by atoms with E-state index in [4.69, 9.17) is 19.8 Å². The van der Waals surface area contributed by atoms with Gasteiger partial charge in [0, 0.05) is 30.0 Å². The molecule has 0 spiro atoms. The van der Waals surface area contributed by atoms with Crippen LogP contribution in [0.2, 0.25) is 0 Å². The molecule has 2 N–H and O–H groups in total. The molecule has 11 nitrogen and oxygen atoms in total. The molecule has 0 saturated carbocycles. The molecule has 1 unspecified atom stereocenters. The summed E-state index contributed by atoms with van der Waals surface area (Å²) in [7, 11) is -3.78. The number of carbonyl (C=O) groups is 1. The van der Waals surface area contributed by atoms with Crippen LogP contribution in [-0.4, -0.2) is 59.7 Å². The van der Waals surface area contributed by atoms with Crippen LogP contribution in [0.3, 0.4) is 0 Å². The minimum Gasteiger partial charge on any atom is -0.508 e. The van der Waals surface area contributed by atoms with Gasteiger partial charge in [0.15, 0.2) is 11.9 Å². The molecule has 1 atom stereocenters. The molecule has 262 valence electrons. The van der Waals surface area contributed by atoms with Crippen LogP contribution in [-0.2, 0) is 14.6 Å². The van der Waals surface area contributed by atoms with Gasteiger partial charge in [0.2, 0.25) is 9.84 Å². The highest BCUT2D eigenvalue weighted by Crippen LogP contribution is 2.28. The molecule has 1 aliphatic rings. The summed E-state index contributed by atoms with van der Waals surface area (Å²) >= 11 is 0. The molecule has 0 bridgehead atoms. The number of para-hydroxylation sites is 2. The number of phenolic OH excluding ortho intramolecular Hbond substituents is 1. The number of hydrogen-bond acceptors (Lipinski definition) is 9. The molecule has 1 amide bonds. The molecule has 6 aromatic rings. The van der Waals surface area contributed by atoms with Crippen molar-refractivity contribution < 1.29 is 23.1 Å². The van der Waals surface area contributed by atoms with E-state index >= 15 is 0 Å². The van der Waals surface area contributed by atoms with E-state index in [0.29, 0.717) is 28.7 Å². The Kier molecular flexibility index (Phi) is 9.31. The van der Waals surface area contributed by atoms with Crippen molar-refractivity contribution in [1.29, 1.82) is 0 Å². The predicted octanol–water partition coefficient (Wildman–Crippen LogP) is 7.21. The number of carbonyl (C=O) groups excluding carboxylic acids is 1. The molecule has 0 saturated heterocycles. The van der Waals surface area contributed by atoms with Crippen LogP contribution in [0.25, 0.3) is 11.0 Å². The molecule has 0 aliphatic carbocycles. The van der Waals surface area contributed by atoms with E-state index in [0.717, 1.165) is 41.1 Å². The first kappa shape index (κ1) is 34.2. The summed E-state index contributed by atoms with van der Waals surface area (Å²) in [6.45, 7) is 7.71. The summed E-state index contributed by atoms with van der Waals surface area (Å²) in [5.74, 6) is 0.580. The van der Waals surface area contributed by atoms with Gasteiger partial charge in [0.1, 0.15) is 22.9 Å². The van der Waals surface area contributed by atoms with Crippen molar-refractivity contribution in [3.05, 3.63) is 133 Å². The number of anilines is 2. The van der Waals surface area contributed by atoms with Crippen LogP contribution < -0.4 is 15.0 Å². The molecule has 2 heterocycles. The second kappa shape index (κ2) is 14.2. The van der Waals surface area contributed by atoms with Crippen molar-refractivity contribution in [3.8, 4) is 11.5 Å². The van der Waals surface area contributed by atoms with Gasteiger partial charge in [-0.15, -0.1) is 0 Å². The highest BCUT2D eigenvalue weighted by Gasteiger charge is 2.28. The molecule has 0 fully saturated rings. The Labute approximate surface area is 301 Å². The fourth-order valence-corrected chi connectivity index (χ4v) is 7.21. The monoisotopic (exact) mass is 712 g/mol. The fourth-order valence-electron chi connectivity index (χ4n) is 5.95. The van der Waals surface area contributed by atoms with Gasteiger partial charge in [-0.05, 0) is 118 Å². The number of amides is 1. The third kappa shape index (κ3) is 6.75. The Hall–Kier alpha value is -6.27. The first-order chi connectivity index (χ1) is 25.1. The van der Waals surface area contributed by atoms with Crippen molar-refractivity contribution >= 4 is 55.3 Å². The van der Waals surface area contributed by atoms with Crippen LogP contribution in [0.5, 0.6) is 11.5 Å². The number of nitrogens with zero attached hydrogens (tertiary/aromatic N) is 5. The first-order valence-corrected chi connectivity index (χ1v) is 18.4. The summed E-state index contributed by atoms with van der Waals surface area (Å²) in [5, 5.41) is 17.3. The smallest absolute Gasteiger partial charge is 0.265 e. The lowest BCUT2D eigenvalue weighted by molar-refractivity contribution is -0.122. The lowest BCUT2D eigenvalue weighted by Gasteiger charge is -2.20. The number of benzene rings is 5. The SMILES string of the molecule is CCN(CC)c1ccc(N=C2C(c3ccc(NC(=O)C(C)Oc4ccc(S(=O)(=O)c5ccc(O)cc5)cc4)cc3)=Nn3c2nc2ccccc23)cc1. The molecular weight excluding hydrogens is 677 g/mol. The van der Waals surface area contributed by atoms with Gasteiger partial charge in [-0.3, -0.25) is 4.79 Å². The zero-order valence-electron chi connectivity index (χ0n) is 28.8. The zero-order valence-corrected chi connectivity index (χ0v) is 29.6. The Balaban J connectivity index is 1.07. The van der Waals surface area contributed by atoms with Crippen LogP contribution >= 0.6 is 0 Å². The van der Waals surface area contributed by atoms with Gasteiger partial charge in [-0.1, -0.05) is 24.3 Å². The quantitative estimate of drug-likeness (QED) is 0.145. The number of aromatic hydroxyl groups is 1. The number of fused-ring (bicyclic) bond motifs is 3. The summed E-state index contributed by atoms with van der Waals surface area (Å²) in [6.07, 6.45) is -0.879. The average Bonchev–Trinajstić information content (AvgIpc) is 3.70. The van der Waals surface area contributed by atoms with E-state index in [-0.39, 0.29) is 21.4 Å². The van der Waals surface area contributed by atoms with Crippen molar-refractivity contribution in [2.45, 2.75) is 36.7 Å². The number of ether oxygens (including phenoxy) is 1. The maximum absolute atomic E-state index is 13.1. The van der Waals surface area contributed by atoms with E-state index in [1.54, 1.807) is 19.1 Å². The number of aliphatic imine (C=N–C) groups is 1. The fraction of sp³-hybridized carbons (Fsp3) is 0.150. The minimum atomic E-state index is -3.78. The maximum atomic E-state index is 13.1. The van der Waals surface area contributed by atoms with Gasteiger partial charge < -0.3 is 20.1 Å². The number of hydrogen-bond donors (Lipinski definition) is 2. The highest BCUT2D eigenvalue weighted by molar-refractivity contribution is 7.91. The van der Waals surface area contributed by atoms with Gasteiger partial charge >= 0.3 is 0 Å². The molecule has 12 heteroatoms. The molecule has 5 aromatic carbocycles. The number of phenols is 1. The van der Waals surface area contributed by atoms with E-state index in [9.17, 15) is 18.3 Å². The number of aromatic nitrogens is 2. The average molecular weight is 713 g/mol. The molecule has 0 radical (unpaired) electrons. The normalized spacial score (nSPS) is 13.8. The zero-order chi connectivity index (χ0) is 36.4. The molecular formula is C40H36N6O5S. The van der Waals surface area contributed by atoms with Crippen molar-refractivity contribution in [2.75, 3.05) is 23.3 Å². The highest BCUT2D eigenvalue weighted by atomic mass is 32.2. The van der Waals surface area contributed by atoms with Crippen LogP contribution in [0.15, 0.2) is 141 Å². The topological polar surface area (TPSA) is 138 Å². The number of sulfone groups is 1. The number of nitrogens with one attached hydrogen (secondary N) is 1. The predicted molar refractivity (Wildman–Crippen MR) is 203 cm³/mol. The Morgan fingerprint density at radius 1 is 0.865 bits per heavy atom. The standard InChI is InChI=1S/C40H36N6O5S/c1-4-45(5-2)30-16-14-28(15-17-30)41-38-37(44-46-36-9-7-6-8-35(36)43-39(38)46)27-10-12-29(13-11-27)42-40(48)26(3)51-32-20-24-34(25-21-32)52(49,50)33-22-18-31(47)19-23-33/h6-26,47H,4-5H2,1-3H3,(H,42,48). The third-order valence-corrected chi connectivity index (χ3v) is 10.6. The van der Waals surface area contributed by atoms with E-state index in [1.165, 1.54) is 48.5 Å². The van der Waals surface area contributed by atoms with E-state index in [2.05, 4.69) is 36.2 Å². The first-order valence-electron chi connectivity index (χ1n) is 16.9. The van der Waals surface area contributed by atoms with Crippen LogP contribution in [0, 0.1) is 0 Å². The molecule has 1 aliphatic heterocycles. The number of rotatable bonds is 11. The third-order valence-electron chi connectivity index (χ3n) is 8.78. The van der Waals surface area contributed by atoms with E-state index < -0.39 is 15.9 Å². The Bertz CT molecular complexity index is 2420. The second-order valence-electron chi connectivity index (χ2n) is 12.1. The van der Waals surface area contributed by atoms with Gasteiger partial charge in [0.25, 0.3) is 5.91 Å². The lowest BCUT2D eigenvalue weighted by Crippen LogP contribution is -2.30. The molecule has 7 rings (SSSR count). The van der Waals surface area contributed by atoms with Crippen molar-refractivity contribution in [2.24, 2.45) is 10.1 Å². The molecule has 52 heavy (non-hydrogen) atoms. The summed E-state index contributed by atoms with van der Waals surface area (Å²) in [4.78, 5) is 25.4. The minimum absolute atomic E-state index is 0.0247. The largest absolute Gasteiger partial charge is 0.508 e. The second-order valence-corrected chi connectivity index (χ2v) is 14.1.